The third kappa shape index (κ3) is 2.16. The second-order valence-electron chi connectivity index (χ2n) is 5.08. The Morgan fingerprint density at radius 1 is 0.696 bits per heavy atom. The number of fused-ring (bicyclic) bond motifs is 1. The molecule has 0 aliphatic heterocycles. The summed E-state index contributed by atoms with van der Waals surface area (Å²) in [6, 6.07) is 0. The van der Waals surface area contributed by atoms with Gasteiger partial charge in [0.2, 0.25) is 5.82 Å². The third-order valence-corrected chi connectivity index (χ3v) is 5.07. The average molecular weight is 363 g/mol. The van der Waals surface area contributed by atoms with E-state index in [0.29, 0.717) is 16.5 Å². The van der Waals surface area contributed by atoms with Crippen molar-refractivity contribution in [2.24, 2.45) is 0 Å². The van der Waals surface area contributed by atoms with Gasteiger partial charge in [0.25, 0.3) is 0 Å². The molecule has 0 fully saturated rings. The Hall–Kier alpha value is -1.66. The lowest BCUT2D eigenvalue weighted by atomic mass is 9.93. The van der Waals surface area contributed by atoms with Crippen LogP contribution < -0.4 is 0 Å². The number of aryl methyl sites for hydroxylation is 2. The molecule has 7 heteroatoms. The van der Waals surface area contributed by atoms with Gasteiger partial charge >= 0.3 is 0 Å². The summed E-state index contributed by atoms with van der Waals surface area (Å²) in [7, 11) is 0. The Labute approximate surface area is 137 Å². The van der Waals surface area contributed by atoms with E-state index in [1.165, 1.54) is 18.3 Å². The van der Waals surface area contributed by atoms with Gasteiger partial charge in [0, 0.05) is 5.56 Å². The number of benzene rings is 2. The van der Waals surface area contributed by atoms with E-state index < -0.39 is 34.6 Å². The van der Waals surface area contributed by atoms with Crippen LogP contribution in [0, 0.1) is 42.9 Å². The second-order valence-corrected chi connectivity index (χ2v) is 6.20. The number of halogens is 6. The summed E-state index contributed by atoms with van der Waals surface area (Å²) in [5, 5.41) is 4.97. The van der Waals surface area contributed by atoms with E-state index in [9.17, 15) is 22.0 Å². The highest BCUT2D eigenvalue weighted by atomic mass is 35.5. The molecular formula is C16H8ClF5S. The van der Waals surface area contributed by atoms with E-state index >= 15 is 0 Å². The molecule has 0 aliphatic rings. The van der Waals surface area contributed by atoms with Crippen LogP contribution >= 0.6 is 22.9 Å². The van der Waals surface area contributed by atoms with Crippen LogP contribution in [0.3, 0.4) is 0 Å². The molecule has 1 aromatic heterocycles. The van der Waals surface area contributed by atoms with Gasteiger partial charge in [-0.1, -0.05) is 11.6 Å². The zero-order valence-corrected chi connectivity index (χ0v) is 13.4. The molecule has 0 radical (unpaired) electrons. The highest BCUT2D eigenvalue weighted by molar-refractivity contribution is 7.09. The molecule has 0 saturated carbocycles. The van der Waals surface area contributed by atoms with Crippen LogP contribution in [0.15, 0.2) is 10.8 Å². The minimum Gasteiger partial charge on any atom is -0.203 e. The molecule has 120 valence electrons. The lowest BCUT2D eigenvalue weighted by Gasteiger charge is -2.16. The lowest BCUT2D eigenvalue weighted by molar-refractivity contribution is 0.381. The largest absolute Gasteiger partial charge is 0.203 e. The highest BCUT2D eigenvalue weighted by Gasteiger charge is 2.29. The highest BCUT2D eigenvalue weighted by Crippen LogP contribution is 2.43. The first-order valence-electron chi connectivity index (χ1n) is 6.43. The van der Waals surface area contributed by atoms with E-state index in [1.807, 2.05) is 5.38 Å². The molecule has 1 heterocycles. The average Bonchev–Trinajstić information content (AvgIpc) is 3.02. The Morgan fingerprint density at radius 2 is 1.13 bits per heavy atom. The van der Waals surface area contributed by atoms with Crippen molar-refractivity contribution in [2.75, 3.05) is 0 Å². The molecule has 0 unspecified atom stereocenters. The molecule has 0 saturated heterocycles. The molecule has 0 bridgehead atoms. The zero-order chi connectivity index (χ0) is 17.0. The van der Waals surface area contributed by atoms with Gasteiger partial charge in [0.05, 0.1) is 10.6 Å². The van der Waals surface area contributed by atoms with Gasteiger partial charge in [-0.05, 0) is 46.5 Å². The minimum absolute atomic E-state index is 0.0309. The number of hydrogen-bond donors (Lipinski definition) is 0. The maximum Gasteiger partial charge on any atom is 0.200 e. The molecule has 3 aromatic rings. The lowest BCUT2D eigenvalue weighted by Crippen LogP contribution is -2.05. The van der Waals surface area contributed by atoms with E-state index in [1.54, 1.807) is 12.3 Å². The monoisotopic (exact) mass is 362 g/mol. The molecule has 0 atom stereocenters. The minimum atomic E-state index is -2.19. The second kappa shape index (κ2) is 5.46. The first-order chi connectivity index (χ1) is 10.8. The van der Waals surface area contributed by atoms with Gasteiger partial charge in [-0.25, -0.2) is 22.0 Å². The summed E-state index contributed by atoms with van der Waals surface area (Å²) in [4.78, 5) is 0. The fourth-order valence-corrected chi connectivity index (χ4v) is 3.89. The molecule has 0 spiro atoms. The van der Waals surface area contributed by atoms with Gasteiger partial charge in [0.15, 0.2) is 23.3 Å². The van der Waals surface area contributed by atoms with Crippen LogP contribution in [0.25, 0.3) is 21.9 Å². The standard InChI is InChI=1S/C16H8ClF5S/c1-5-7-3-23-4-8(7)6(2)11(17)9(5)10-12(18)14(20)16(22)15(21)13(10)19/h3-4H,1-2H3. The van der Waals surface area contributed by atoms with E-state index in [2.05, 4.69) is 0 Å². The van der Waals surface area contributed by atoms with Gasteiger partial charge in [-0.2, -0.15) is 11.3 Å². The van der Waals surface area contributed by atoms with Crippen LogP contribution in [0.5, 0.6) is 0 Å². The maximum absolute atomic E-state index is 14.1. The molecule has 0 aliphatic carbocycles. The molecule has 0 N–H and O–H groups in total. The predicted octanol–water partition coefficient (Wildman–Crippen LogP) is 6.53. The van der Waals surface area contributed by atoms with Crippen molar-refractivity contribution < 1.29 is 22.0 Å². The first-order valence-corrected chi connectivity index (χ1v) is 7.75. The Balaban J connectivity index is 2.53. The smallest absolute Gasteiger partial charge is 0.200 e. The Bertz CT molecular complexity index is 932. The van der Waals surface area contributed by atoms with Crippen LogP contribution in [0.4, 0.5) is 22.0 Å². The van der Waals surface area contributed by atoms with Crippen molar-refractivity contribution in [3.63, 3.8) is 0 Å². The van der Waals surface area contributed by atoms with E-state index in [-0.39, 0.29) is 10.6 Å². The third-order valence-electron chi connectivity index (χ3n) is 3.85. The summed E-state index contributed by atoms with van der Waals surface area (Å²) >= 11 is 7.55. The normalized spacial score (nSPS) is 11.5. The summed E-state index contributed by atoms with van der Waals surface area (Å²) < 4.78 is 68.5. The van der Waals surface area contributed by atoms with Gasteiger partial charge in [0.1, 0.15) is 0 Å². The SMILES string of the molecule is Cc1c(Cl)c(-c2c(F)c(F)c(F)c(F)c2F)c(C)c2cscc12. The fraction of sp³-hybridized carbons (Fsp3) is 0.125. The quantitative estimate of drug-likeness (QED) is 0.262. The number of hydrogen-bond acceptors (Lipinski definition) is 1. The van der Waals surface area contributed by atoms with Gasteiger partial charge in [-0.3, -0.25) is 0 Å². The van der Waals surface area contributed by atoms with Crippen LogP contribution in [0.2, 0.25) is 5.02 Å². The van der Waals surface area contributed by atoms with Crippen LogP contribution in [0.1, 0.15) is 11.1 Å². The van der Waals surface area contributed by atoms with E-state index in [0.717, 1.165) is 5.39 Å². The first kappa shape index (κ1) is 16.2. The Kier molecular flexibility index (Phi) is 3.84. The predicted molar refractivity (Wildman–Crippen MR) is 81.5 cm³/mol. The van der Waals surface area contributed by atoms with Crippen molar-refractivity contribution in [3.8, 4) is 11.1 Å². The van der Waals surface area contributed by atoms with Gasteiger partial charge < -0.3 is 0 Å². The van der Waals surface area contributed by atoms with Crippen molar-refractivity contribution in [1.82, 2.24) is 0 Å². The summed E-state index contributed by atoms with van der Waals surface area (Å²) in [5.41, 5.74) is -0.296. The maximum atomic E-state index is 14.1. The van der Waals surface area contributed by atoms with Crippen molar-refractivity contribution in [2.45, 2.75) is 13.8 Å². The summed E-state index contributed by atoms with van der Waals surface area (Å²) in [5.74, 6) is -9.94. The fourth-order valence-electron chi connectivity index (χ4n) is 2.60. The topological polar surface area (TPSA) is 0 Å². The van der Waals surface area contributed by atoms with Crippen molar-refractivity contribution in [3.05, 3.63) is 56.0 Å². The summed E-state index contributed by atoms with van der Waals surface area (Å²) in [6.07, 6.45) is 0. The van der Waals surface area contributed by atoms with Crippen LogP contribution in [-0.4, -0.2) is 0 Å². The van der Waals surface area contributed by atoms with Gasteiger partial charge in [-0.15, -0.1) is 0 Å². The molecular weight excluding hydrogens is 355 g/mol. The van der Waals surface area contributed by atoms with Crippen molar-refractivity contribution >= 4 is 33.7 Å². The van der Waals surface area contributed by atoms with Crippen molar-refractivity contribution in [1.29, 1.82) is 0 Å². The van der Waals surface area contributed by atoms with E-state index in [4.69, 9.17) is 11.6 Å². The molecule has 2 aromatic carbocycles. The Morgan fingerprint density at radius 3 is 1.65 bits per heavy atom. The molecule has 3 rings (SSSR count). The molecule has 23 heavy (non-hydrogen) atoms. The molecule has 0 nitrogen and oxygen atoms in total. The molecule has 0 amide bonds. The zero-order valence-electron chi connectivity index (χ0n) is 11.8. The van der Waals surface area contributed by atoms with Crippen LogP contribution in [-0.2, 0) is 0 Å². The summed E-state index contributed by atoms with van der Waals surface area (Å²) in [6.45, 7) is 3.17. The number of thiophene rings is 1. The number of rotatable bonds is 1.